The smallest absolute Gasteiger partial charge is 0.187 e. The zero-order chi connectivity index (χ0) is 19.6. The fourth-order valence-electron chi connectivity index (χ4n) is 4.31. The van der Waals surface area contributed by atoms with Crippen molar-refractivity contribution in [2.24, 2.45) is 17.1 Å². The minimum Gasteiger partial charge on any atom is -0.398 e. The number of nitrogens with zero attached hydrogens (tertiary/aromatic N) is 4. The van der Waals surface area contributed by atoms with Crippen LogP contribution in [0, 0.1) is 45.3 Å². The van der Waals surface area contributed by atoms with E-state index >= 15 is 0 Å². The number of rotatable bonds is 3. The van der Waals surface area contributed by atoms with Crippen molar-refractivity contribution >= 4 is 11.6 Å². The van der Waals surface area contributed by atoms with Crippen LogP contribution in [-0.4, -0.2) is 24.5 Å². The molecule has 1 aliphatic carbocycles. The summed E-state index contributed by atoms with van der Waals surface area (Å²) >= 11 is 6.04. The lowest BCUT2D eigenvalue weighted by Crippen LogP contribution is -2.47. The van der Waals surface area contributed by atoms with Crippen LogP contribution in [0.5, 0.6) is 0 Å². The zero-order valence-corrected chi connectivity index (χ0v) is 15.9. The molecule has 2 atom stereocenters. The molecule has 136 valence electrons. The summed E-state index contributed by atoms with van der Waals surface area (Å²) in [7, 11) is 0. The van der Waals surface area contributed by atoms with Gasteiger partial charge >= 0.3 is 0 Å². The van der Waals surface area contributed by atoms with Gasteiger partial charge in [0.05, 0.1) is 29.5 Å². The molecule has 0 saturated heterocycles. The number of hydrogen-bond acceptors (Lipinski definition) is 5. The fraction of sp³-hybridized carbons (Fsp3) is 0.381. The Hall–Kier alpha value is -2.78. The molecular weight excluding hydrogens is 358 g/mol. The molecule has 2 N–H and O–H groups in total. The highest BCUT2D eigenvalue weighted by molar-refractivity contribution is 6.30. The topological polar surface area (TPSA) is 101 Å². The maximum absolute atomic E-state index is 10.0. The summed E-state index contributed by atoms with van der Waals surface area (Å²) in [5.41, 5.74) is 6.71. The average Bonchev–Trinajstić information content (AvgIpc) is 2.69. The monoisotopic (exact) mass is 377 g/mol. The predicted octanol–water partition coefficient (Wildman–Crippen LogP) is 3.48. The molecule has 27 heavy (non-hydrogen) atoms. The molecule has 0 fully saturated rings. The molecule has 1 aliphatic heterocycles. The maximum atomic E-state index is 10.0. The van der Waals surface area contributed by atoms with Gasteiger partial charge in [0.2, 0.25) is 0 Å². The minimum absolute atomic E-state index is 0.0545. The van der Waals surface area contributed by atoms with Crippen LogP contribution < -0.4 is 5.73 Å². The van der Waals surface area contributed by atoms with E-state index < -0.39 is 11.3 Å². The molecule has 0 amide bonds. The van der Waals surface area contributed by atoms with Crippen molar-refractivity contribution in [3.63, 3.8) is 0 Å². The number of nitriles is 3. The molecule has 0 spiro atoms. The first kappa shape index (κ1) is 19.0. The Kier molecular flexibility index (Phi) is 5.24. The van der Waals surface area contributed by atoms with Gasteiger partial charge in [-0.3, -0.25) is 4.90 Å². The van der Waals surface area contributed by atoms with Crippen LogP contribution in [0.4, 0.5) is 0 Å². The van der Waals surface area contributed by atoms with Gasteiger partial charge in [-0.05, 0) is 36.2 Å². The summed E-state index contributed by atoms with van der Waals surface area (Å²) < 4.78 is 0. The van der Waals surface area contributed by atoms with Crippen molar-refractivity contribution in [3.05, 3.63) is 57.8 Å². The second-order valence-electron chi connectivity index (χ2n) is 6.99. The van der Waals surface area contributed by atoms with Gasteiger partial charge in [0, 0.05) is 29.9 Å². The third kappa shape index (κ3) is 2.98. The number of nitrogens with two attached hydrogens (primary N) is 1. The third-order valence-electron chi connectivity index (χ3n) is 5.50. The first-order valence-electron chi connectivity index (χ1n) is 8.93. The van der Waals surface area contributed by atoms with Crippen LogP contribution in [0.25, 0.3) is 0 Å². The molecule has 2 aliphatic rings. The van der Waals surface area contributed by atoms with Crippen LogP contribution in [0.2, 0.25) is 5.02 Å². The molecule has 1 aromatic carbocycles. The van der Waals surface area contributed by atoms with Crippen LogP contribution in [0.1, 0.15) is 24.8 Å². The third-order valence-corrected chi connectivity index (χ3v) is 5.75. The lowest BCUT2D eigenvalue weighted by atomic mass is 9.57. The van der Waals surface area contributed by atoms with Crippen LogP contribution >= 0.6 is 11.6 Å². The minimum atomic E-state index is -1.62. The van der Waals surface area contributed by atoms with E-state index in [4.69, 9.17) is 17.3 Å². The number of halogens is 1. The molecular formula is C21H20ClN5. The van der Waals surface area contributed by atoms with Crippen molar-refractivity contribution in [1.82, 2.24) is 4.90 Å². The molecule has 1 heterocycles. The van der Waals surface area contributed by atoms with Crippen molar-refractivity contribution in [1.29, 1.82) is 15.8 Å². The quantitative estimate of drug-likeness (QED) is 0.868. The van der Waals surface area contributed by atoms with Gasteiger partial charge < -0.3 is 5.73 Å². The van der Waals surface area contributed by atoms with Gasteiger partial charge in [-0.1, -0.05) is 36.7 Å². The number of fused-ring (bicyclic) bond motifs is 1. The Labute approximate surface area is 164 Å². The Morgan fingerprint density at radius 1 is 1.22 bits per heavy atom. The summed E-state index contributed by atoms with van der Waals surface area (Å²) in [6.07, 6.45) is 3.05. The SMILES string of the molecule is CCCN1CC=C2C(N)=C(C#N)C(C#N)(C#N)C(c3ccc(Cl)cc3)C2C1. The van der Waals surface area contributed by atoms with E-state index in [-0.39, 0.29) is 17.2 Å². The van der Waals surface area contributed by atoms with Crippen LogP contribution in [0.3, 0.4) is 0 Å². The highest BCUT2D eigenvalue weighted by atomic mass is 35.5. The van der Waals surface area contributed by atoms with Crippen LogP contribution in [-0.2, 0) is 0 Å². The largest absolute Gasteiger partial charge is 0.398 e. The Morgan fingerprint density at radius 2 is 1.89 bits per heavy atom. The molecule has 0 bridgehead atoms. The molecule has 0 radical (unpaired) electrons. The van der Waals surface area contributed by atoms with Gasteiger partial charge in [0.1, 0.15) is 0 Å². The lowest BCUT2D eigenvalue weighted by Gasteiger charge is -2.45. The average molecular weight is 378 g/mol. The normalized spacial score (nSPS) is 24.2. The van der Waals surface area contributed by atoms with Crippen molar-refractivity contribution < 1.29 is 0 Å². The lowest BCUT2D eigenvalue weighted by molar-refractivity contribution is 0.208. The Morgan fingerprint density at radius 3 is 2.44 bits per heavy atom. The van der Waals surface area contributed by atoms with E-state index in [0.717, 1.165) is 30.6 Å². The van der Waals surface area contributed by atoms with Gasteiger partial charge in [-0.15, -0.1) is 0 Å². The van der Waals surface area contributed by atoms with E-state index in [1.54, 1.807) is 12.1 Å². The summed E-state index contributed by atoms with van der Waals surface area (Å²) in [6.45, 7) is 4.48. The van der Waals surface area contributed by atoms with E-state index in [9.17, 15) is 15.8 Å². The van der Waals surface area contributed by atoms with Gasteiger partial charge in [0.25, 0.3) is 0 Å². The molecule has 5 nitrogen and oxygen atoms in total. The summed E-state index contributed by atoms with van der Waals surface area (Å²) in [4.78, 5) is 2.29. The number of benzene rings is 1. The standard InChI is InChI=1S/C21H20ClN5/c1-2-8-27-9-7-16-17(11-27)19(14-3-5-15(22)6-4-14)21(12-24,13-25)18(10-23)20(16)26/h3-7,17,19H,2,8-9,11,26H2,1H3. The van der Waals surface area contributed by atoms with E-state index in [2.05, 4.69) is 30.0 Å². The maximum Gasteiger partial charge on any atom is 0.187 e. The second-order valence-corrected chi connectivity index (χ2v) is 7.42. The zero-order valence-electron chi connectivity index (χ0n) is 15.1. The fourth-order valence-corrected chi connectivity index (χ4v) is 4.44. The van der Waals surface area contributed by atoms with E-state index in [1.807, 2.05) is 18.2 Å². The number of allylic oxidation sites excluding steroid dienone is 2. The molecule has 0 aromatic heterocycles. The molecule has 2 unspecified atom stereocenters. The summed E-state index contributed by atoms with van der Waals surface area (Å²) in [5, 5.41) is 30.4. The molecule has 6 heteroatoms. The second kappa shape index (κ2) is 7.45. The molecule has 3 rings (SSSR count). The highest BCUT2D eigenvalue weighted by Crippen LogP contribution is 2.54. The van der Waals surface area contributed by atoms with Gasteiger partial charge in [0.15, 0.2) is 5.41 Å². The van der Waals surface area contributed by atoms with E-state index in [1.165, 1.54) is 0 Å². The summed E-state index contributed by atoms with van der Waals surface area (Å²) in [5.74, 6) is -0.625. The Bertz CT molecular complexity index is 909. The van der Waals surface area contributed by atoms with Gasteiger partial charge in [-0.2, -0.15) is 15.8 Å². The van der Waals surface area contributed by atoms with Crippen molar-refractivity contribution in [2.75, 3.05) is 19.6 Å². The van der Waals surface area contributed by atoms with Gasteiger partial charge in [-0.25, -0.2) is 0 Å². The molecule has 1 aromatic rings. The van der Waals surface area contributed by atoms with Crippen molar-refractivity contribution in [2.45, 2.75) is 19.3 Å². The van der Waals surface area contributed by atoms with E-state index in [0.29, 0.717) is 11.6 Å². The summed E-state index contributed by atoms with van der Waals surface area (Å²) in [6, 6.07) is 13.5. The van der Waals surface area contributed by atoms with Crippen LogP contribution in [0.15, 0.2) is 47.2 Å². The number of hydrogen-bond donors (Lipinski definition) is 1. The first-order chi connectivity index (χ1) is 13.0. The molecule has 0 saturated carbocycles. The first-order valence-corrected chi connectivity index (χ1v) is 9.31. The van der Waals surface area contributed by atoms with Crippen molar-refractivity contribution in [3.8, 4) is 18.2 Å². The highest BCUT2D eigenvalue weighted by Gasteiger charge is 2.54. The predicted molar refractivity (Wildman–Crippen MR) is 103 cm³/mol. The Balaban J connectivity index is 2.26.